The van der Waals surface area contributed by atoms with Crippen molar-refractivity contribution < 1.29 is 32.3 Å². The Hall–Kier alpha value is -4.17. The van der Waals surface area contributed by atoms with Crippen molar-refractivity contribution in [3.63, 3.8) is 0 Å². The molecule has 11 nitrogen and oxygen atoms in total. The van der Waals surface area contributed by atoms with Gasteiger partial charge in [0.25, 0.3) is 0 Å². The minimum Gasteiger partial charge on any atom is -0.399 e. The third kappa shape index (κ3) is 11.7. The lowest BCUT2D eigenvalue weighted by atomic mass is 9.70. The third-order valence-electron chi connectivity index (χ3n) is 12.0. The number of nitrogens with two attached hydrogens (primary N) is 1. The number of aliphatic hydroxyl groups excluding tert-OH is 1. The average molecular weight is 822 g/mol. The van der Waals surface area contributed by atoms with E-state index >= 15 is 0 Å². The zero-order valence-corrected chi connectivity index (χ0v) is 36.2. The van der Waals surface area contributed by atoms with Crippen LogP contribution in [0.15, 0.2) is 83.8 Å². The molecule has 3 aromatic rings. The van der Waals surface area contributed by atoms with E-state index in [1.165, 1.54) is 47.1 Å². The van der Waals surface area contributed by atoms with Crippen LogP contribution in [-0.2, 0) is 37.4 Å². The third-order valence-corrected chi connectivity index (χ3v) is 13.8. The van der Waals surface area contributed by atoms with E-state index in [2.05, 4.69) is 36.7 Å². The number of Topliss-reactive ketones (excluding diaryl/α,β-unsaturated/α-hetero) is 1. The van der Waals surface area contributed by atoms with Crippen molar-refractivity contribution >= 4 is 33.3 Å². The fraction of sp³-hybridized carbons (Fsp3) is 0.533. The topological polar surface area (TPSA) is 171 Å². The van der Waals surface area contributed by atoms with E-state index in [1.807, 2.05) is 65.0 Å². The number of sulfonamides is 1. The molecule has 58 heavy (non-hydrogen) atoms. The van der Waals surface area contributed by atoms with Gasteiger partial charge in [-0.15, -0.1) is 0 Å². The molecule has 2 amide bonds. The highest BCUT2D eigenvalue weighted by Gasteiger charge is 2.61. The molecule has 2 aliphatic rings. The van der Waals surface area contributed by atoms with Gasteiger partial charge in [0.15, 0.2) is 0 Å². The molecule has 2 aliphatic carbocycles. The second-order valence-electron chi connectivity index (χ2n) is 18.2. The van der Waals surface area contributed by atoms with Gasteiger partial charge in [0.05, 0.1) is 23.6 Å². The van der Waals surface area contributed by atoms with Crippen molar-refractivity contribution in [1.29, 1.82) is 0 Å². The highest BCUT2D eigenvalue weighted by molar-refractivity contribution is 7.89. The number of benzene rings is 3. The number of carbonyl (C=O) groups excluding carboxylic acids is 3. The maximum absolute atomic E-state index is 13.8. The number of anilines is 1. The molecule has 0 radical (unpaired) electrons. The van der Waals surface area contributed by atoms with Gasteiger partial charge in [-0.2, -0.15) is 4.31 Å². The van der Waals surface area contributed by atoms with Crippen molar-refractivity contribution in [1.82, 2.24) is 20.3 Å². The zero-order chi connectivity index (χ0) is 43.1. The fourth-order valence-corrected chi connectivity index (χ4v) is 9.60. The van der Waals surface area contributed by atoms with E-state index in [0.29, 0.717) is 23.0 Å². The molecule has 0 spiro atoms. The molecule has 2 bridgehead atoms. The Kier molecular flexibility index (Phi) is 15.5. The van der Waals surface area contributed by atoms with Gasteiger partial charge in [0.1, 0.15) is 17.6 Å². The van der Waals surface area contributed by atoms with Crippen molar-refractivity contribution in [3.05, 3.63) is 95.8 Å². The second kappa shape index (κ2) is 19.3. The van der Waals surface area contributed by atoms with Crippen LogP contribution in [0.5, 0.6) is 0 Å². The molecule has 13 heteroatoms. The average Bonchev–Trinajstić information content (AvgIpc) is 3.47. The maximum atomic E-state index is 13.8. The predicted octanol–water partition coefficient (Wildman–Crippen LogP) is 5.87. The van der Waals surface area contributed by atoms with Crippen molar-refractivity contribution in [2.45, 2.75) is 111 Å². The van der Waals surface area contributed by atoms with Crippen LogP contribution in [0.4, 0.5) is 10.1 Å². The summed E-state index contributed by atoms with van der Waals surface area (Å²) in [6.07, 6.45) is 2.17. The molecule has 318 valence electrons. The van der Waals surface area contributed by atoms with Crippen molar-refractivity contribution in [3.8, 4) is 0 Å². The van der Waals surface area contributed by atoms with Crippen LogP contribution in [-0.4, -0.2) is 73.2 Å². The summed E-state index contributed by atoms with van der Waals surface area (Å²) in [5, 5.41) is 20.3. The van der Waals surface area contributed by atoms with E-state index < -0.39 is 45.4 Å². The minimum atomic E-state index is -4.01. The van der Waals surface area contributed by atoms with Gasteiger partial charge in [-0.05, 0) is 89.5 Å². The first-order valence-electron chi connectivity index (χ1n) is 20.2. The quantitative estimate of drug-likeness (QED) is 0.112. The van der Waals surface area contributed by atoms with Crippen LogP contribution in [0, 0.1) is 33.9 Å². The van der Waals surface area contributed by atoms with Crippen LogP contribution in [0.2, 0.25) is 0 Å². The lowest BCUT2D eigenvalue weighted by Gasteiger charge is -2.34. The first-order chi connectivity index (χ1) is 27.0. The monoisotopic (exact) mass is 821 g/mol. The van der Waals surface area contributed by atoms with Crippen LogP contribution in [0.1, 0.15) is 85.8 Å². The normalized spacial score (nSPS) is 20.3. The molecule has 5 rings (SSSR count). The highest BCUT2D eigenvalue weighted by atomic mass is 32.2. The van der Waals surface area contributed by atoms with E-state index in [1.54, 1.807) is 12.1 Å². The number of ketones is 1. The number of aliphatic hydroxyl groups is 1. The molecule has 2 saturated carbocycles. The summed E-state index contributed by atoms with van der Waals surface area (Å²) >= 11 is 0. The van der Waals surface area contributed by atoms with Gasteiger partial charge >= 0.3 is 0 Å². The predicted molar refractivity (Wildman–Crippen MR) is 226 cm³/mol. The highest BCUT2D eigenvalue weighted by Crippen LogP contribution is 2.63. The molecule has 0 saturated heterocycles. The summed E-state index contributed by atoms with van der Waals surface area (Å²) in [5.74, 6) is -0.190. The van der Waals surface area contributed by atoms with E-state index in [9.17, 15) is 32.3 Å². The number of hydrogen-bond acceptors (Lipinski definition) is 8. The molecular weight excluding hydrogens is 758 g/mol. The molecule has 2 fully saturated rings. The molecule has 5 atom stereocenters. The Bertz CT molecular complexity index is 1970. The van der Waals surface area contributed by atoms with Crippen LogP contribution in [0.25, 0.3) is 0 Å². The minimum absolute atomic E-state index is 0.0255. The summed E-state index contributed by atoms with van der Waals surface area (Å²) in [5.41, 5.74) is 7.29. The number of rotatable bonds is 16. The van der Waals surface area contributed by atoms with Crippen LogP contribution < -0.4 is 21.7 Å². The van der Waals surface area contributed by atoms with Gasteiger partial charge in [0.2, 0.25) is 21.8 Å². The fourth-order valence-electron chi connectivity index (χ4n) is 7.98. The molecule has 2 unspecified atom stereocenters. The molecule has 0 aromatic heterocycles. The van der Waals surface area contributed by atoms with Crippen molar-refractivity contribution in [2.75, 3.05) is 25.4 Å². The van der Waals surface area contributed by atoms with Gasteiger partial charge in [0, 0.05) is 37.2 Å². The van der Waals surface area contributed by atoms with Crippen molar-refractivity contribution in [2.24, 2.45) is 28.1 Å². The number of nitrogens with one attached hydrogen (secondary N) is 3. The Morgan fingerprint density at radius 3 is 2.10 bits per heavy atom. The number of carbonyl (C=O) groups is 3. The standard InChI is InChI=1S/C35H48FN5O5S.C10H16O/c1-24(2)22-41(47(45,46)29-16-14-28(37)15-17-29)23-31(42)30(19-25-10-7-6-8-11-25)39-34(44)33(35(3,4)5)40-32(43)21-38-20-26-12-9-13-27(36)18-26;1-9(2)7-4-5-10(9,3)8(11)6-7/h6-18,24,30-31,33,38,42H,19-23,37H2,1-5H3,(H,39,44)(H,40,43);7H,4-6H2,1-3H3/t30-,31+,33+;/m0./s1. The van der Waals surface area contributed by atoms with Gasteiger partial charge in [-0.25, -0.2) is 12.8 Å². The first-order valence-corrected chi connectivity index (χ1v) is 21.6. The Labute approximate surface area is 344 Å². The maximum Gasteiger partial charge on any atom is 0.243 e. The number of hydrogen-bond donors (Lipinski definition) is 5. The largest absolute Gasteiger partial charge is 0.399 e. The lowest BCUT2D eigenvalue weighted by Crippen LogP contribution is -2.59. The second-order valence-corrected chi connectivity index (χ2v) is 20.1. The number of nitrogen functional groups attached to an aromatic ring is 1. The summed E-state index contributed by atoms with van der Waals surface area (Å²) in [6, 6.07) is 19.3. The molecule has 3 aromatic carbocycles. The Morgan fingerprint density at radius 2 is 1.59 bits per heavy atom. The number of amides is 2. The van der Waals surface area contributed by atoms with E-state index in [4.69, 9.17) is 5.73 Å². The molecule has 6 N–H and O–H groups in total. The summed E-state index contributed by atoms with van der Waals surface area (Å²) in [4.78, 5) is 38.4. The Balaban J connectivity index is 0.000000575. The summed E-state index contributed by atoms with van der Waals surface area (Å²) in [6.45, 7) is 15.9. The smallest absolute Gasteiger partial charge is 0.243 e. The molecule has 0 aliphatic heterocycles. The summed E-state index contributed by atoms with van der Waals surface area (Å²) < 4.78 is 42.1. The lowest BCUT2D eigenvalue weighted by molar-refractivity contribution is -0.132. The van der Waals surface area contributed by atoms with Gasteiger partial charge < -0.3 is 26.8 Å². The van der Waals surface area contributed by atoms with Gasteiger partial charge in [-0.1, -0.05) is 97.9 Å². The SMILES string of the molecule is CC(C)CN(C[C@@H](O)[C@H](Cc1ccccc1)NC(=O)[C@@H](NC(=O)CNCc1cccc(F)c1)C(C)(C)C)S(=O)(=O)c1ccc(N)cc1.CC12CCC(CC1=O)C2(C)C. The number of nitrogens with zero attached hydrogens (tertiary/aromatic N) is 1. The summed E-state index contributed by atoms with van der Waals surface area (Å²) in [7, 11) is -4.01. The zero-order valence-electron chi connectivity index (χ0n) is 35.3. The first kappa shape index (κ1) is 46.5. The van der Waals surface area contributed by atoms with Gasteiger partial charge in [-0.3, -0.25) is 14.4 Å². The van der Waals surface area contributed by atoms with E-state index in [-0.39, 0.29) is 60.1 Å². The van der Waals surface area contributed by atoms with E-state index in [0.717, 1.165) is 18.4 Å². The Morgan fingerprint density at radius 1 is 0.948 bits per heavy atom. The molecular formula is C45H64FN5O6S. The number of fused-ring (bicyclic) bond motifs is 2. The molecule has 0 heterocycles. The number of halogens is 1. The van der Waals surface area contributed by atoms with Crippen LogP contribution in [0.3, 0.4) is 0 Å². The van der Waals surface area contributed by atoms with Crippen LogP contribution >= 0.6 is 0 Å².